The average Bonchev–Trinajstić information content (AvgIpc) is 3.03. The Labute approximate surface area is 160 Å². The molecule has 7 heteroatoms. The third-order valence-electron chi connectivity index (χ3n) is 4.20. The van der Waals surface area contributed by atoms with Gasteiger partial charge in [-0.1, -0.05) is 36.5 Å². The maximum absolute atomic E-state index is 12.7. The van der Waals surface area contributed by atoms with Gasteiger partial charge in [0.25, 0.3) is 5.91 Å². The highest BCUT2D eigenvalue weighted by atomic mass is 32.1. The summed E-state index contributed by atoms with van der Waals surface area (Å²) in [6.07, 6.45) is 0.900. The molecule has 0 fully saturated rings. The van der Waals surface area contributed by atoms with Gasteiger partial charge in [-0.3, -0.25) is 9.59 Å². The van der Waals surface area contributed by atoms with Gasteiger partial charge in [0.1, 0.15) is 12.3 Å². The predicted octanol–water partition coefficient (Wildman–Crippen LogP) is 3.19. The Kier molecular flexibility index (Phi) is 5.71. The third kappa shape index (κ3) is 3.93. The molecule has 0 aliphatic carbocycles. The first-order valence-corrected chi connectivity index (χ1v) is 9.30. The fourth-order valence-corrected chi connectivity index (χ4v) is 3.83. The molecule has 1 aromatic heterocycles. The second-order valence-corrected chi connectivity index (χ2v) is 6.83. The number of thiazole rings is 1. The van der Waals surface area contributed by atoms with Gasteiger partial charge in [0.2, 0.25) is 0 Å². The van der Waals surface area contributed by atoms with Crippen molar-refractivity contribution in [3.63, 3.8) is 0 Å². The van der Waals surface area contributed by atoms with E-state index < -0.39 is 11.9 Å². The van der Waals surface area contributed by atoms with Gasteiger partial charge in [-0.15, -0.1) is 0 Å². The zero-order chi connectivity index (χ0) is 19.4. The molecule has 3 rings (SSSR count). The topological polar surface area (TPSA) is 69.9 Å². The number of methoxy groups -OCH3 is 2. The number of carbonyl (C=O) groups is 2. The van der Waals surface area contributed by atoms with E-state index >= 15 is 0 Å². The van der Waals surface area contributed by atoms with Gasteiger partial charge in [0, 0.05) is 0 Å². The number of carbonyl (C=O) groups excluding carboxylic acids is 2. The lowest BCUT2D eigenvalue weighted by molar-refractivity contribution is -0.141. The first-order valence-electron chi connectivity index (χ1n) is 8.48. The molecule has 0 aliphatic heterocycles. The molecule has 6 nitrogen and oxygen atoms in total. The molecular formula is C20H20N2O4S. The van der Waals surface area contributed by atoms with Crippen molar-refractivity contribution in [3.8, 4) is 5.75 Å². The van der Waals surface area contributed by atoms with Crippen LogP contribution in [-0.4, -0.2) is 30.7 Å². The van der Waals surface area contributed by atoms with Crippen LogP contribution in [0.2, 0.25) is 0 Å². The highest BCUT2D eigenvalue weighted by molar-refractivity contribution is 7.16. The van der Waals surface area contributed by atoms with Crippen LogP contribution in [0.15, 0.2) is 47.5 Å². The molecule has 0 saturated carbocycles. The summed E-state index contributed by atoms with van der Waals surface area (Å²) < 4.78 is 12.7. The number of rotatable bonds is 5. The summed E-state index contributed by atoms with van der Waals surface area (Å²) in [6.45, 7) is 2.06. The van der Waals surface area contributed by atoms with Crippen LogP contribution in [0.25, 0.3) is 10.2 Å². The van der Waals surface area contributed by atoms with E-state index in [1.807, 2.05) is 12.1 Å². The van der Waals surface area contributed by atoms with Crippen molar-refractivity contribution in [1.29, 1.82) is 0 Å². The van der Waals surface area contributed by atoms with Crippen LogP contribution in [0.5, 0.6) is 5.75 Å². The minimum Gasteiger partial charge on any atom is -0.496 e. The van der Waals surface area contributed by atoms with E-state index in [0.29, 0.717) is 16.1 Å². The number of ether oxygens (including phenoxy) is 2. The molecule has 0 saturated heterocycles. The van der Waals surface area contributed by atoms with Crippen molar-refractivity contribution in [2.24, 2.45) is 4.99 Å². The van der Waals surface area contributed by atoms with Gasteiger partial charge in [-0.05, 0) is 36.2 Å². The smallest absolute Gasteiger partial charge is 0.325 e. The van der Waals surface area contributed by atoms with Gasteiger partial charge < -0.3 is 14.0 Å². The Morgan fingerprint density at radius 1 is 1.15 bits per heavy atom. The highest BCUT2D eigenvalue weighted by Crippen LogP contribution is 2.21. The number of para-hydroxylation sites is 1. The van der Waals surface area contributed by atoms with Crippen LogP contribution in [-0.2, 0) is 22.5 Å². The summed E-state index contributed by atoms with van der Waals surface area (Å²) in [6, 6.07) is 12.9. The summed E-state index contributed by atoms with van der Waals surface area (Å²) >= 11 is 1.37. The van der Waals surface area contributed by atoms with Gasteiger partial charge in [0.15, 0.2) is 4.80 Å². The molecule has 0 radical (unpaired) electrons. The van der Waals surface area contributed by atoms with Crippen LogP contribution in [0.4, 0.5) is 0 Å². The number of hydrogen-bond donors (Lipinski definition) is 0. The first kappa shape index (κ1) is 18.8. The molecule has 0 bridgehead atoms. The quantitative estimate of drug-likeness (QED) is 0.634. The number of hydrogen-bond acceptors (Lipinski definition) is 5. The van der Waals surface area contributed by atoms with E-state index in [4.69, 9.17) is 9.47 Å². The summed E-state index contributed by atoms with van der Waals surface area (Å²) in [4.78, 5) is 29.3. The summed E-state index contributed by atoms with van der Waals surface area (Å²) in [5, 5.41) is 0. The van der Waals surface area contributed by atoms with Crippen molar-refractivity contribution < 1.29 is 19.1 Å². The Morgan fingerprint density at radius 3 is 2.63 bits per heavy atom. The molecule has 1 heterocycles. The Bertz CT molecular complexity index is 1070. The lowest BCUT2D eigenvalue weighted by Gasteiger charge is -2.05. The standard InChI is InChI=1S/C20H20N2O4S/c1-4-13-9-10-15-17(11-13)27-20(22(15)12-18(23)26-3)21-19(24)14-7-5-6-8-16(14)25-2/h5-11H,4,12H2,1-3H3. The zero-order valence-corrected chi connectivity index (χ0v) is 16.2. The monoisotopic (exact) mass is 384 g/mol. The SMILES string of the molecule is CCc1ccc2c(c1)sc(=NC(=O)c1ccccc1OC)n2CC(=O)OC. The van der Waals surface area contributed by atoms with Crippen molar-refractivity contribution in [1.82, 2.24) is 4.57 Å². The lowest BCUT2D eigenvalue weighted by Crippen LogP contribution is -2.22. The first-order chi connectivity index (χ1) is 13.1. The maximum Gasteiger partial charge on any atom is 0.325 e. The van der Waals surface area contributed by atoms with Gasteiger partial charge in [0.05, 0.1) is 30.0 Å². The molecule has 140 valence electrons. The van der Waals surface area contributed by atoms with Crippen molar-refractivity contribution in [2.75, 3.05) is 14.2 Å². The molecule has 0 unspecified atom stereocenters. The number of nitrogens with zero attached hydrogens (tertiary/aromatic N) is 2. The van der Waals surface area contributed by atoms with Crippen LogP contribution >= 0.6 is 11.3 Å². The molecule has 27 heavy (non-hydrogen) atoms. The van der Waals surface area contributed by atoms with E-state index in [9.17, 15) is 9.59 Å². The number of esters is 1. The number of aromatic nitrogens is 1. The van der Waals surface area contributed by atoms with Crippen molar-refractivity contribution >= 4 is 33.4 Å². The molecule has 0 N–H and O–H groups in total. The Hall–Kier alpha value is -2.93. The molecular weight excluding hydrogens is 364 g/mol. The molecule has 0 atom stereocenters. The van der Waals surface area contributed by atoms with Crippen LogP contribution in [0.3, 0.4) is 0 Å². The maximum atomic E-state index is 12.7. The van der Waals surface area contributed by atoms with Crippen molar-refractivity contribution in [2.45, 2.75) is 19.9 Å². The van der Waals surface area contributed by atoms with E-state index in [1.54, 1.807) is 28.8 Å². The fraction of sp³-hybridized carbons (Fsp3) is 0.250. The number of aryl methyl sites for hydroxylation is 1. The van der Waals surface area contributed by atoms with Gasteiger partial charge >= 0.3 is 5.97 Å². The fourth-order valence-electron chi connectivity index (χ4n) is 2.74. The van der Waals surface area contributed by atoms with Gasteiger partial charge in [-0.25, -0.2) is 0 Å². The Balaban J connectivity index is 2.16. The van der Waals surface area contributed by atoms with Gasteiger partial charge in [-0.2, -0.15) is 4.99 Å². The summed E-state index contributed by atoms with van der Waals surface area (Å²) in [7, 11) is 2.85. The zero-order valence-electron chi connectivity index (χ0n) is 15.4. The second-order valence-electron chi connectivity index (χ2n) is 5.82. The molecule has 1 amide bonds. The van der Waals surface area contributed by atoms with Crippen LogP contribution < -0.4 is 9.54 Å². The largest absolute Gasteiger partial charge is 0.496 e. The van der Waals surface area contributed by atoms with E-state index in [2.05, 4.69) is 18.0 Å². The minimum atomic E-state index is -0.423. The average molecular weight is 384 g/mol. The van der Waals surface area contributed by atoms with Crippen molar-refractivity contribution in [3.05, 3.63) is 58.4 Å². The number of fused-ring (bicyclic) bond motifs is 1. The second kappa shape index (κ2) is 8.18. The van der Waals surface area contributed by atoms with Crippen LogP contribution in [0.1, 0.15) is 22.8 Å². The Morgan fingerprint density at radius 2 is 1.93 bits per heavy atom. The lowest BCUT2D eigenvalue weighted by atomic mass is 10.2. The predicted molar refractivity (Wildman–Crippen MR) is 104 cm³/mol. The number of benzene rings is 2. The van der Waals surface area contributed by atoms with Crippen LogP contribution in [0, 0.1) is 0 Å². The molecule has 0 aliphatic rings. The third-order valence-corrected chi connectivity index (χ3v) is 5.25. The molecule has 2 aromatic carbocycles. The van der Waals surface area contributed by atoms with E-state index in [0.717, 1.165) is 16.6 Å². The van der Waals surface area contributed by atoms with E-state index in [1.165, 1.54) is 31.1 Å². The summed E-state index contributed by atoms with van der Waals surface area (Å²) in [5.41, 5.74) is 2.39. The normalized spacial score (nSPS) is 11.6. The number of amides is 1. The minimum absolute atomic E-state index is 0.0139. The van der Waals surface area contributed by atoms with E-state index in [-0.39, 0.29) is 6.54 Å². The highest BCUT2D eigenvalue weighted by Gasteiger charge is 2.14. The summed E-state index contributed by atoms with van der Waals surface area (Å²) in [5.74, 6) is -0.367. The molecule has 3 aromatic rings. The molecule has 0 spiro atoms.